The molecule has 0 radical (unpaired) electrons. The number of aryl methyl sites for hydroxylation is 1. The molecule has 2 rings (SSSR count). The van der Waals surface area contributed by atoms with Crippen molar-refractivity contribution in [2.75, 3.05) is 7.11 Å². The second-order valence-corrected chi connectivity index (χ2v) is 6.39. The lowest BCUT2D eigenvalue weighted by Gasteiger charge is -2.10. The number of sulfonamides is 1. The van der Waals surface area contributed by atoms with Gasteiger partial charge in [-0.3, -0.25) is 4.98 Å². The molecule has 1 heterocycles. The molecule has 22 heavy (non-hydrogen) atoms. The molecule has 0 spiro atoms. The summed E-state index contributed by atoms with van der Waals surface area (Å²) in [5.41, 5.74) is 1.53. The Kier molecular flexibility index (Phi) is 4.89. The number of benzene rings is 1. The summed E-state index contributed by atoms with van der Waals surface area (Å²) >= 11 is 0. The third-order valence-electron chi connectivity index (χ3n) is 3.11. The molecule has 6 nitrogen and oxygen atoms in total. The Labute approximate surface area is 129 Å². The van der Waals surface area contributed by atoms with Gasteiger partial charge in [0.25, 0.3) is 0 Å². The van der Waals surface area contributed by atoms with Crippen LogP contribution < -0.4 is 4.72 Å². The van der Waals surface area contributed by atoms with Gasteiger partial charge in [-0.1, -0.05) is 6.07 Å². The molecular formula is C15H16N2O4S. The van der Waals surface area contributed by atoms with E-state index in [1.807, 2.05) is 0 Å². The number of rotatable bonds is 5. The SMILES string of the molecule is COC(=O)c1ccc(C)c(S(=O)(=O)NCc2ccncc2)c1. The highest BCUT2D eigenvalue weighted by Crippen LogP contribution is 2.18. The van der Waals surface area contributed by atoms with Gasteiger partial charge in [-0.25, -0.2) is 17.9 Å². The van der Waals surface area contributed by atoms with Crippen molar-refractivity contribution in [3.05, 3.63) is 59.4 Å². The average molecular weight is 320 g/mol. The number of carbonyl (C=O) groups is 1. The number of esters is 1. The van der Waals surface area contributed by atoms with Crippen LogP contribution in [0, 0.1) is 6.92 Å². The molecule has 0 aliphatic carbocycles. The maximum atomic E-state index is 12.4. The Morgan fingerprint density at radius 1 is 1.23 bits per heavy atom. The fraction of sp³-hybridized carbons (Fsp3) is 0.200. The fourth-order valence-electron chi connectivity index (χ4n) is 1.89. The highest BCUT2D eigenvalue weighted by molar-refractivity contribution is 7.89. The Balaban J connectivity index is 2.27. The molecule has 7 heteroatoms. The summed E-state index contributed by atoms with van der Waals surface area (Å²) < 4.78 is 31.9. The summed E-state index contributed by atoms with van der Waals surface area (Å²) in [6.07, 6.45) is 3.18. The summed E-state index contributed by atoms with van der Waals surface area (Å²) in [6, 6.07) is 7.87. The van der Waals surface area contributed by atoms with Gasteiger partial charge in [0.15, 0.2) is 0 Å². The first kappa shape index (κ1) is 16.1. The van der Waals surface area contributed by atoms with Crippen LogP contribution in [0.25, 0.3) is 0 Å². The van der Waals surface area contributed by atoms with Gasteiger partial charge in [-0.2, -0.15) is 0 Å². The number of nitrogens with zero attached hydrogens (tertiary/aromatic N) is 1. The maximum absolute atomic E-state index is 12.4. The molecule has 0 saturated carbocycles. The van der Waals surface area contributed by atoms with E-state index < -0.39 is 16.0 Å². The van der Waals surface area contributed by atoms with Crippen molar-refractivity contribution < 1.29 is 17.9 Å². The Morgan fingerprint density at radius 2 is 1.91 bits per heavy atom. The molecule has 0 atom stereocenters. The number of carbonyl (C=O) groups excluding carboxylic acids is 1. The van der Waals surface area contributed by atoms with Gasteiger partial charge in [0, 0.05) is 18.9 Å². The topological polar surface area (TPSA) is 85.4 Å². The van der Waals surface area contributed by atoms with Crippen molar-refractivity contribution in [2.24, 2.45) is 0 Å². The number of methoxy groups -OCH3 is 1. The molecule has 0 fully saturated rings. The standard InChI is InChI=1S/C15H16N2O4S/c1-11-3-4-13(15(18)21-2)9-14(11)22(19,20)17-10-12-5-7-16-8-6-12/h3-9,17H,10H2,1-2H3. The molecular weight excluding hydrogens is 304 g/mol. The van der Waals surface area contributed by atoms with E-state index >= 15 is 0 Å². The van der Waals surface area contributed by atoms with Gasteiger partial charge in [0.2, 0.25) is 10.0 Å². The monoisotopic (exact) mass is 320 g/mol. The number of pyridine rings is 1. The second-order valence-electron chi connectivity index (χ2n) is 4.65. The van der Waals surface area contributed by atoms with Gasteiger partial charge in [-0.15, -0.1) is 0 Å². The van der Waals surface area contributed by atoms with Gasteiger partial charge in [-0.05, 0) is 42.3 Å². The quantitative estimate of drug-likeness (QED) is 0.847. The van der Waals surface area contributed by atoms with Crippen LogP contribution >= 0.6 is 0 Å². The fourth-order valence-corrected chi connectivity index (χ4v) is 3.18. The summed E-state index contributed by atoms with van der Waals surface area (Å²) in [6.45, 7) is 1.81. The van der Waals surface area contributed by atoms with Gasteiger partial charge in [0.05, 0.1) is 17.6 Å². The molecule has 0 aliphatic rings. The number of nitrogens with one attached hydrogen (secondary N) is 1. The van der Waals surface area contributed by atoms with Gasteiger partial charge < -0.3 is 4.74 Å². The van der Waals surface area contributed by atoms with E-state index in [2.05, 4.69) is 14.4 Å². The third kappa shape index (κ3) is 3.69. The molecule has 0 amide bonds. The molecule has 2 aromatic rings. The van der Waals surface area contributed by atoms with Crippen molar-refractivity contribution >= 4 is 16.0 Å². The molecule has 0 bridgehead atoms. The minimum absolute atomic E-state index is 0.0597. The van der Waals surface area contributed by atoms with Crippen molar-refractivity contribution in [3.63, 3.8) is 0 Å². The lowest BCUT2D eigenvalue weighted by Crippen LogP contribution is -2.24. The second kappa shape index (κ2) is 6.67. The molecule has 116 valence electrons. The number of hydrogen-bond acceptors (Lipinski definition) is 5. The van der Waals surface area contributed by atoms with E-state index in [0.29, 0.717) is 5.56 Å². The highest BCUT2D eigenvalue weighted by Gasteiger charge is 2.19. The molecule has 1 aromatic carbocycles. The molecule has 0 aliphatic heterocycles. The maximum Gasteiger partial charge on any atom is 0.337 e. The molecule has 0 saturated heterocycles. The first-order valence-corrected chi connectivity index (χ1v) is 8.00. The van der Waals surface area contributed by atoms with E-state index in [1.54, 1.807) is 37.5 Å². The largest absolute Gasteiger partial charge is 0.465 e. The van der Waals surface area contributed by atoms with E-state index in [4.69, 9.17) is 0 Å². The van der Waals surface area contributed by atoms with Crippen molar-refractivity contribution in [2.45, 2.75) is 18.4 Å². The molecule has 1 N–H and O–H groups in total. The van der Waals surface area contributed by atoms with Gasteiger partial charge in [0.1, 0.15) is 0 Å². The first-order valence-electron chi connectivity index (χ1n) is 6.51. The van der Waals surface area contributed by atoms with Crippen LogP contribution in [0.1, 0.15) is 21.5 Å². The molecule has 1 aromatic heterocycles. The zero-order valence-electron chi connectivity index (χ0n) is 12.2. The minimum atomic E-state index is -3.73. The van der Waals surface area contributed by atoms with Crippen LogP contribution in [0.3, 0.4) is 0 Å². The smallest absolute Gasteiger partial charge is 0.337 e. The number of ether oxygens (including phenoxy) is 1. The summed E-state index contributed by atoms with van der Waals surface area (Å²) in [4.78, 5) is 15.5. The van der Waals surface area contributed by atoms with E-state index in [9.17, 15) is 13.2 Å². The van der Waals surface area contributed by atoms with E-state index in [1.165, 1.54) is 19.2 Å². The molecule has 0 unspecified atom stereocenters. The average Bonchev–Trinajstić information content (AvgIpc) is 2.53. The number of hydrogen-bond donors (Lipinski definition) is 1. The summed E-state index contributed by atoms with van der Waals surface area (Å²) in [5.74, 6) is -0.578. The van der Waals surface area contributed by atoms with Crippen LogP contribution in [0.4, 0.5) is 0 Å². The zero-order valence-corrected chi connectivity index (χ0v) is 13.1. The predicted molar refractivity (Wildman–Crippen MR) is 80.8 cm³/mol. The lowest BCUT2D eigenvalue weighted by atomic mass is 10.1. The van der Waals surface area contributed by atoms with Crippen LogP contribution in [0.15, 0.2) is 47.6 Å². The summed E-state index contributed by atoms with van der Waals surface area (Å²) in [7, 11) is -2.48. The van der Waals surface area contributed by atoms with Crippen molar-refractivity contribution in [3.8, 4) is 0 Å². The van der Waals surface area contributed by atoms with Crippen LogP contribution in [0.2, 0.25) is 0 Å². The van der Waals surface area contributed by atoms with Gasteiger partial charge >= 0.3 is 5.97 Å². The Morgan fingerprint density at radius 3 is 2.55 bits per heavy atom. The van der Waals surface area contributed by atoms with Crippen molar-refractivity contribution in [1.29, 1.82) is 0 Å². The van der Waals surface area contributed by atoms with Crippen LogP contribution in [-0.2, 0) is 21.3 Å². The third-order valence-corrected chi connectivity index (χ3v) is 4.66. The van der Waals surface area contributed by atoms with E-state index in [-0.39, 0.29) is 17.0 Å². The number of aromatic nitrogens is 1. The Hall–Kier alpha value is -2.25. The zero-order chi connectivity index (χ0) is 16.2. The van der Waals surface area contributed by atoms with Crippen LogP contribution in [-0.4, -0.2) is 26.5 Å². The Bertz CT molecular complexity index is 773. The lowest BCUT2D eigenvalue weighted by molar-refractivity contribution is 0.0600. The minimum Gasteiger partial charge on any atom is -0.465 e. The predicted octanol–water partition coefficient (Wildman–Crippen LogP) is 1.66. The van der Waals surface area contributed by atoms with Crippen molar-refractivity contribution in [1.82, 2.24) is 9.71 Å². The van der Waals surface area contributed by atoms with Crippen LogP contribution in [0.5, 0.6) is 0 Å². The summed E-state index contributed by atoms with van der Waals surface area (Å²) in [5, 5.41) is 0. The highest BCUT2D eigenvalue weighted by atomic mass is 32.2. The van der Waals surface area contributed by atoms with E-state index in [0.717, 1.165) is 5.56 Å². The first-order chi connectivity index (χ1) is 10.4. The normalized spacial score (nSPS) is 11.2.